The minimum Gasteiger partial charge on any atom is -0.386 e. The van der Waals surface area contributed by atoms with Crippen LogP contribution in [0.4, 0.5) is 0 Å². The van der Waals surface area contributed by atoms with Gasteiger partial charge in [-0.1, -0.05) is 98.1 Å². The number of carbonyl (C=O) groups excluding carboxylic acids is 2. The van der Waals surface area contributed by atoms with Crippen molar-refractivity contribution in [2.24, 2.45) is 0 Å². The highest BCUT2D eigenvalue weighted by molar-refractivity contribution is 6.19. The van der Waals surface area contributed by atoms with E-state index in [1.165, 1.54) is 25.0 Å². The maximum absolute atomic E-state index is 10.7. The molecular weight excluding hydrogens is 431 g/mol. The van der Waals surface area contributed by atoms with Crippen LogP contribution in [0, 0.1) is 0 Å². The molecular formula is C26H28Cl2O3. The van der Waals surface area contributed by atoms with Gasteiger partial charge in [-0.05, 0) is 25.0 Å². The second-order valence-electron chi connectivity index (χ2n) is 6.17. The van der Waals surface area contributed by atoms with Gasteiger partial charge in [-0.2, -0.15) is 0 Å². The number of hydrogen-bond acceptors (Lipinski definition) is 3. The number of alkyl halides is 2. The Morgan fingerprint density at radius 2 is 1.06 bits per heavy atom. The molecule has 0 fully saturated rings. The first-order valence-corrected chi connectivity index (χ1v) is 10.5. The van der Waals surface area contributed by atoms with Crippen molar-refractivity contribution in [2.45, 2.75) is 13.8 Å². The van der Waals surface area contributed by atoms with Crippen LogP contribution >= 0.6 is 23.2 Å². The normalized spacial score (nSPS) is 9.81. The molecule has 0 unspecified atom stereocenters. The van der Waals surface area contributed by atoms with Crippen molar-refractivity contribution >= 4 is 47.3 Å². The van der Waals surface area contributed by atoms with Gasteiger partial charge in [0.1, 0.15) is 0 Å². The van der Waals surface area contributed by atoms with Crippen LogP contribution in [0.2, 0.25) is 0 Å². The lowest BCUT2D eigenvalue weighted by atomic mass is 10.2. The number of hydrogen-bond donors (Lipinski definition) is 0. The molecule has 0 aliphatic carbocycles. The van der Waals surface area contributed by atoms with Gasteiger partial charge in [0.25, 0.3) is 0 Å². The Bertz CT molecular complexity index is 797. The second-order valence-corrected chi connectivity index (χ2v) is 6.79. The molecule has 0 aliphatic heterocycles. The third kappa shape index (κ3) is 15.6. The fourth-order valence-electron chi connectivity index (χ4n) is 1.75. The fourth-order valence-corrected chi connectivity index (χ4v) is 1.93. The van der Waals surface area contributed by atoms with E-state index >= 15 is 0 Å². The highest BCUT2D eigenvalue weighted by atomic mass is 35.5. The van der Waals surface area contributed by atoms with Gasteiger partial charge in [-0.3, -0.25) is 0 Å². The number of ether oxygens (including phenoxy) is 1. The van der Waals surface area contributed by atoms with E-state index in [1.54, 1.807) is 0 Å². The van der Waals surface area contributed by atoms with Crippen LogP contribution in [-0.4, -0.2) is 23.7 Å². The van der Waals surface area contributed by atoms with E-state index in [4.69, 9.17) is 23.2 Å². The Morgan fingerprint density at radius 3 is 1.32 bits per heavy atom. The molecule has 0 saturated carbocycles. The third-order valence-corrected chi connectivity index (χ3v) is 3.64. The molecule has 5 heteroatoms. The summed E-state index contributed by atoms with van der Waals surface area (Å²) in [6.45, 7) is 9.55. The summed E-state index contributed by atoms with van der Waals surface area (Å²) in [6, 6.07) is 20.2. The Balaban J connectivity index is 0.000000436. The van der Waals surface area contributed by atoms with Gasteiger partial charge in [0.2, 0.25) is 0 Å². The molecule has 3 nitrogen and oxygen atoms in total. The summed E-state index contributed by atoms with van der Waals surface area (Å²) >= 11 is 10.9. The molecule has 2 aromatic carbocycles. The number of halogens is 2. The van der Waals surface area contributed by atoms with Gasteiger partial charge in [-0.15, -0.1) is 23.2 Å². The summed E-state index contributed by atoms with van der Waals surface area (Å²) in [5.41, 5.74) is 2.78. The van der Waals surface area contributed by atoms with Crippen molar-refractivity contribution in [2.75, 3.05) is 11.8 Å². The molecule has 0 saturated heterocycles. The average molecular weight is 459 g/mol. The molecule has 0 spiro atoms. The fraction of sp³-hybridized carbons (Fsp3) is 0.154. The van der Waals surface area contributed by atoms with Crippen LogP contribution in [0.3, 0.4) is 0 Å². The number of esters is 2. The van der Waals surface area contributed by atoms with Gasteiger partial charge < -0.3 is 4.74 Å². The van der Waals surface area contributed by atoms with E-state index in [9.17, 15) is 9.59 Å². The highest BCUT2D eigenvalue weighted by Gasteiger charge is 2.10. The van der Waals surface area contributed by atoms with Gasteiger partial charge in [0, 0.05) is 22.9 Å². The first kappa shape index (κ1) is 28.1. The molecule has 0 aliphatic rings. The quantitative estimate of drug-likeness (QED) is 0.201. The maximum Gasteiger partial charge on any atom is 0.340 e. The lowest BCUT2D eigenvalue weighted by Crippen LogP contribution is -2.12. The third-order valence-electron chi connectivity index (χ3n) is 3.28. The first-order valence-electron chi connectivity index (χ1n) is 9.44. The standard InChI is InChI=1S/2C9H9Cl.C8H10O3/c2*10-8-4-7-9-5-2-1-3-6-9;1-5(2)7(9)11-8(10)6(3)4/h2*1-7H,8H2;1,3H2,2,4H3. The average Bonchev–Trinajstić information content (AvgIpc) is 2.78. The minimum atomic E-state index is -0.710. The first-order chi connectivity index (χ1) is 14.8. The van der Waals surface area contributed by atoms with Crippen LogP contribution in [0.1, 0.15) is 25.0 Å². The van der Waals surface area contributed by atoms with E-state index in [0.29, 0.717) is 11.8 Å². The van der Waals surface area contributed by atoms with Gasteiger partial charge in [0.15, 0.2) is 0 Å². The molecule has 0 amide bonds. The van der Waals surface area contributed by atoms with Gasteiger partial charge >= 0.3 is 11.9 Å². The largest absolute Gasteiger partial charge is 0.386 e. The maximum atomic E-state index is 10.7. The zero-order valence-electron chi connectivity index (χ0n) is 17.9. The smallest absolute Gasteiger partial charge is 0.340 e. The van der Waals surface area contributed by atoms with Crippen molar-refractivity contribution in [3.63, 3.8) is 0 Å². The van der Waals surface area contributed by atoms with Gasteiger partial charge in [0.05, 0.1) is 0 Å². The van der Waals surface area contributed by atoms with E-state index in [1.807, 2.05) is 85.0 Å². The predicted molar refractivity (Wildman–Crippen MR) is 133 cm³/mol. The van der Waals surface area contributed by atoms with Crippen molar-refractivity contribution in [3.8, 4) is 0 Å². The summed E-state index contributed by atoms with van der Waals surface area (Å²) in [5, 5.41) is 0. The molecule has 0 heterocycles. The number of allylic oxidation sites excluding steroid dienone is 2. The molecule has 0 bridgehead atoms. The zero-order chi connectivity index (χ0) is 23.5. The van der Waals surface area contributed by atoms with Crippen molar-refractivity contribution in [3.05, 3.63) is 108 Å². The molecule has 2 rings (SSSR count). The Kier molecular flexibility index (Phi) is 16.3. The Labute approximate surface area is 195 Å². The predicted octanol–water partition coefficient (Wildman–Crippen LogP) is 7.09. The molecule has 31 heavy (non-hydrogen) atoms. The minimum absolute atomic E-state index is 0.194. The van der Waals surface area contributed by atoms with Crippen molar-refractivity contribution < 1.29 is 14.3 Å². The van der Waals surface area contributed by atoms with Gasteiger partial charge in [-0.25, -0.2) is 9.59 Å². The Hall–Kier alpha value is -2.88. The summed E-state index contributed by atoms with van der Waals surface area (Å²) < 4.78 is 4.30. The zero-order valence-corrected chi connectivity index (χ0v) is 19.4. The summed E-state index contributed by atoms with van der Waals surface area (Å²) in [5.74, 6) is -0.264. The SMILES string of the molecule is C=C(C)C(=O)OC(=O)C(=C)C.ClCC=Cc1ccccc1.ClCC=Cc1ccccc1. The molecule has 2 aromatic rings. The molecule has 164 valence electrons. The van der Waals surface area contributed by atoms with Crippen LogP contribution in [0.25, 0.3) is 12.2 Å². The lowest BCUT2D eigenvalue weighted by molar-refractivity contribution is -0.153. The van der Waals surface area contributed by atoms with Crippen LogP contribution in [0.15, 0.2) is 97.1 Å². The number of rotatable bonds is 6. The van der Waals surface area contributed by atoms with Crippen LogP contribution < -0.4 is 0 Å². The van der Waals surface area contributed by atoms with E-state index in [0.717, 1.165) is 0 Å². The van der Waals surface area contributed by atoms with Crippen LogP contribution in [-0.2, 0) is 14.3 Å². The summed E-state index contributed by atoms with van der Waals surface area (Å²) in [6.07, 6.45) is 7.87. The monoisotopic (exact) mass is 458 g/mol. The topological polar surface area (TPSA) is 43.4 Å². The van der Waals surface area contributed by atoms with Crippen molar-refractivity contribution in [1.29, 1.82) is 0 Å². The molecule has 0 atom stereocenters. The van der Waals surface area contributed by atoms with Crippen LogP contribution in [0.5, 0.6) is 0 Å². The van der Waals surface area contributed by atoms with Crippen molar-refractivity contribution in [1.82, 2.24) is 0 Å². The second kappa shape index (κ2) is 17.9. The Morgan fingerprint density at radius 1 is 0.742 bits per heavy atom. The number of carbonyl (C=O) groups is 2. The van der Waals surface area contributed by atoms with E-state index in [2.05, 4.69) is 17.9 Å². The molecule has 0 aromatic heterocycles. The van der Waals surface area contributed by atoms with E-state index < -0.39 is 11.9 Å². The number of benzene rings is 2. The molecule has 0 radical (unpaired) electrons. The summed E-state index contributed by atoms with van der Waals surface area (Å²) in [4.78, 5) is 21.3. The lowest BCUT2D eigenvalue weighted by Gasteiger charge is -1.99. The molecule has 0 N–H and O–H groups in total. The summed E-state index contributed by atoms with van der Waals surface area (Å²) in [7, 11) is 0. The highest BCUT2D eigenvalue weighted by Crippen LogP contribution is 2.01. The van der Waals surface area contributed by atoms with E-state index in [-0.39, 0.29) is 11.1 Å².